The summed E-state index contributed by atoms with van der Waals surface area (Å²) < 4.78 is 0. The lowest BCUT2D eigenvalue weighted by Crippen LogP contribution is -2.22. The molecule has 0 bridgehead atoms. The highest BCUT2D eigenvalue weighted by Crippen LogP contribution is 2.21. The molecule has 1 unspecified atom stereocenters. The Bertz CT molecular complexity index is 328. The molecule has 0 aliphatic carbocycles. The van der Waals surface area contributed by atoms with Crippen molar-refractivity contribution in [3.05, 3.63) is 35.4 Å². The smallest absolute Gasteiger partial charge is 0.0320 e. The molecule has 1 aromatic carbocycles. The first-order chi connectivity index (χ1) is 9.81. The van der Waals surface area contributed by atoms with E-state index in [1.165, 1.54) is 62.5 Å². The lowest BCUT2D eigenvalue weighted by Gasteiger charge is -2.19. The van der Waals surface area contributed by atoms with E-state index >= 15 is 0 Å². The van der Waals surface area contributed by atoms with Crippen LogP contribution in [0.4, 0.5) is 0 Å². The van der Waals surface area contributed by atoms with Crippen molar-refractivity contribution in [2.45, 2.75) is 78.2 Å². The first-order valence-corrected chi connectivity index (χ1v) is 8.64. The minimum Gasteiger partial charge on any atom is -0.310 e. The molecule has 0 saturated carbocycles. The molecule has 1 rings (SSSR count). The van der Waals surface area contributed by atoms with Gasteiger partial charge in [-0.05, 0) is 43.4 Å². The second kappa shape index (κ2) is 10.9. The second-order valence-electron chi connectivity index (χ2n) is 5.85. The minimum atomic E-state index is 0.543. The van der Waals surface area contributed by atoms with Crippen LogP contribution in [0.15, 0.2) is 24.3 Å². The van der Waals surface area contributed by atoms with Crippen LogP contribution in [-0.2, 0) is 6.42 Å². The van der Waals surface area contributed by atoms with Crippen molar-refractivity contribution in [2.75, 3.05) is 6.54 Å². The molecule has 20 heavy (non-hydrogen) atoms. The van der Waals surface area contributed by atoms with Crippen LogP contribution in [0.25, 0.3) is 0 Å². The van der Waals surface area contributed by atoms with Crippen molar-refractivity contribution in [2.24, 2.45) is 0 Å². The van der Waals surface area contributed by atoms with Gasteiger partial charge < -0.3 is 5.32 Å². The van der Waals surface area contributed by atoms with Crippen molar-refractivity contribution in [3.8, 4) is 0 Å². The Morgan fingerprint density at radius 1 is 0.850 bits per heavy atom. The maximum absolute atomic E-state index is 3.71. The van der Waals surface area contributed by atoms with Crippen LogP contribution in [0, 0.1) is 0 Å². The largest absolute Gasteiger partial charge is 0.310 e. The van der Waals surface area contributed by atoms with Crippen molar-refractivity contribution in [3.63, 3.8) is 0 Å². The lowest BCUT2D eigenvalue weighted by atomic mass is 9.98. The summed E-state index contributed by atoms with van der Waals surface area (Å²) in [6.07, 6.45) is 10.2. The van der Waals surface area contributed by atoms with E-state index < -0.39 is 0 Å². The van der Waals surface area contributed by atoms with Gasteiger partial charge in [-0.15, -0.1) is 0 Å². The van der Waals surface area contributed by atoms with E-state index in [0.717, 1.165) is 6.54 Å². The number of nitrogens with one attached hydrogen (secondary N) is 1. The van der Waals surface area contributed by atoms with Gasteiger partial charge in [-0.1, -0.05) is 70.7 Å². The highest BCUT2D eigenvalue weighted by atomic mass is 14.9. The van der Waals surface area contributed by atoms with Crippen LogP contribution in [0.1, 0.15) is 82.9 Å². The van der Waals surface area contributed by atoms with Gasteiger partial charge in [-0.2, -0.15) is 0 Å². The number of unbranched alkanes of at least 4 members (excludes halogenated alkanes) is 3. The van der Waals surface area contributed by atoms with E-state index in [9.17, 15) is 0 Å². The summed E-state index contributed by atoms with van der Waals surface area (Å²) in [6.45, 7) is 7.89. The summed E-state index contributed by atoms with van der Waals surface area (Å²) >= 11 is 0. The molecule has 0 aromatic heterocycles. The van der Waals surface area contributed by atoms with E-state index in [2.05, 4.69) is 50.4 Å². The van der Waals surface area contributed by atoms with E-state index in [-0.39, 0.29) is 0 Å². The molecular weight excluding hydrogens is 242 g/mol. The van der Waals surface area contributed by atoms with Gasteiger partial charge in [0.2, 0.25) is 0 Å². The average Bonchev–Trinajstić information content (AvgIpc) is 2.49. The van der Waals surface area contributed by atoms with E-state index in [0.29, 0.717) is 6.04 Å². The predicted molar refractivity (Wildman–Crippen MR) is 90.2 cm³/mol. The molecule has 1 aromatic rings. The fourth-order valence-electron chi connectivity index (χ4n) is 2.60. The van der Waals surface area contributed by atoms with Crippen molar-refractivity contribution in [1.82, 2.24) is 5.32 Å². The highest BCUT2D eigenvalue weighted by Gasteiger charge is 2.09. The van der Waals surface area contributed by atoms with Crippen LogP contribution in [0.2, 0.25) is 0 Å². The lowest BCUT2D eigenvalue weighted by molar-refractivity contribution is 0.474. The van der Waals surface area contributed by atoms with Gasteiger partial charge >= 0.3 is 0 Å². The average molecular weight is 275 g/mol. The van der Waals surface area contributed by atoms with Gasteiger partial charge in [0.25, 0.3) is 0 Å². The van der Waals surface area contributed by atoms with Crippen LogP contribution in [0.5, 0.6) is 0 Å². The van der Waals surface area contributed by atoms with Crippen LogP contribution in [-0.4, -0.2) is 6.54 Å². The van der Waals surface area contributed by atoms with Crippen molar-refractivity contribution >= 4 is 0 Å². The summed E-state index contributed by atoms with van der Waals surface area (Å²) in [5.74, 6) is 0. The molecule has 0 radical (unpaired) electrons. The normalized spacial score (nSPS) is 12.6. The standard InChI is InChI=1S/C19H33N/c1-4-7-9-11-19(20-16-6-3)18-14-12-17(13-15-18)10-8-5-2/h12-15,19-20H,4-11,16H2,1-3H3. The third-order valence-electron chi connectivity index (χ3n) is 3.94. The van der Waals surface area contributed by atoms with Gasteiger partial charge in [0, 0.05) is 6.04 Å². The Kier molecular flexibility index (Phi) is 9.40. The molecule has 0 amide bonds. The van der Waals surface area contributed by atoms with Crippen LogP contribution in [0.3, 0.4) is 0 Å². The predicted octanol–water partition coefficient (Wildman–Crippen LogP) is 5.65. The van der Waals surface area contributed by atoms with E-state index in [4.69, 9.17) is 0 Å². The molecule has 0 aliphatic rings. The van der Waals surface area contributed by atoms with Crippen LogP contribution >= 0.6 is 0 Å². The Balaban J connectivity index is 2.58. The van der Waals surface area contributed by atoms with Gasteiger partial charge in [0.15, 0.2) is 0 Å². The molecule has 1 atom stereocenters. The summed E-state index contributed by atoms with van der Waals surface area (Å²) in [7, 11) is 0. The van der Waals surface area contributed by atoms with Crippen molar-refractivity contribution in [1.29, 1.82) is 0 Å². The molecule has 0 aliphatic heterocycles. The maximum atomic E-state index is 3.71. The Morgan fingerprint density at radius 2 is 1.55 bits per heavy atom. The van der Waals surface area contributed by atoms with Crippen LogP contribution < -0.4 is 5.32 Å². The fraction of sp³-hybridized carbons (Fsp3) is 0.684. The molecule has 1 N–H and O–H groups in total. The summed E-state index contributed by atoms with van der Waals surface area (Å²) in [6, 6.07) is 9.87. The molecule has 1 nitrogen and oxygen atoms in total. The fourth-order valence-corrected chi connectivity index (χ4v) is 2.60. The molecule has 1 heteroatoms. The van der Waals surface area contributed by atoms with Gasteiger partial charge in [-0.3, -0.25) is 0 Å². The van der Waals surface area contributed by atoms with Crippen molar-refractivity contribution < 1.29 is 0 Å². The maximum Gasteiger partial charge on any atom is 0.0320 e. The summed E-state index contributed by atoms with van der Waals surface area (Å²) in [4.78, 5) is 0. The first-order valence-electron chi connectivity index (χ1n) is 8.64. The highest BCUT2D eigenvalue weighted by molar-refractivity contribution is 5.25. The molecule has 0 fully saturated rings. The quantitative estimate of drug-likeness (QED) is 0.514. The number of hydrogen-bond acceptors (Lipinski definition) is 1. The summed E-state index contributed by atoms with van der Waals surface area (Å²) in [5.41, 5.74) is 2.95. The first kappa shape index (κ1) is 17.2. The number of benzene rings is 1. The Hall–Kier alpha value is -0.820. The topological polar surface area (TPSA) is 12.0 Å². The SMILES string of the molecule is CCCCCC(NCCC)c1ccc(CCCC)cc1. The monoisotopic (exact) mass is 275 g/mol. The zero-order chi connectivity index (χ0) is 14.6. The molecule has 114 valence electrons. The molecule has 0 spiro atoms. The number of aryl methyl sites for hydroxylation is 1. The zero-order valence-corrected chi connectivity index (χ0v) is 13.8. The summed E-state index contributed by atoms with van der Waals surface area (Å²) in [5, 5.41) is 3.71. The van der Waals surface area contributed by atoms with Gasteiger partial charge in [-0.25, -0.2) is 0 Å². The third kappa shape index (κ3) is 6.56. The van der Waals surface area contributed by atoms with E-state index in [1.807, 2.05) is 0 Å². The minimum absolute atomic E-state index is 0.543. The Morgan fingerprint density at radius 3 is 2.15 bits per heavy atom. The second-order valence-corrected chi connectivity index (χ2v) is 5.85. The van der Waals surface area contributed by atoms with Gasteiger partial charge in [0.1, 0.15) is 0 Å². The Labute approximate surface area is 126 Å². The number of rotatable bonds is 11. The molecular formula is C19H33N. The zero-order valence-electron chi connectivity index (χ0n) is 13.8. The molecule has 0 saturated heterocycles. The molecule has 0 heterocycles. The third-order valence-corrected chi connectivity index (χ3v) is 3.94. The number of hydrogen-bond donors (Lipinski definition) is 1. The van der Waals surface area contributed by atoms with E-state index in [1.54, 1.807) is 0 Å². The van der Waals surface area contributed by atoms with Gasteiger partial charge in [0.05, 0.1) is 0 Å².